The van der Waals surface area contributed by atoms with Crippen molar-refractivity contribution in [3.8, 4) is 0 Å². The number of anilines is 1. The molecule has 0 saturated carbocycles. The molecule has 1 N–H and O–H groups in total. The number of benzene rings is 4. The first-order valence-electron chi connectivity index (χ1n) is 13.7. The molecule has 0 radical (unpaired) electrons. The molecule has 7 nitrogen and oxygen atoms in total. The number of nitrogens with zero attached hydrogens (tertiary/aromatic N) is 2. The van der Waals surface area contributed by atoms with E-state index in [9.17, 15) is 18.0 Å². The van der Waals surface area contributed by atoms with E-state index in [4.69, 9.17) is 0 Å². The Labute approximate surface area is 249 Å². The Balaban J connectivity index is 1.39. The molecule has 0 bridgehead atoms. The van der Waals surface area contributed by atoms with Crippen LogP contribution in [0.25, 0.3) is 10.8 Å². The molecule has 0 aromatic heterocycles. The molecule has 4 aromatic carbocycles. The molecule has 212 valence electrons. The normalized spacial score (nSPS) is 14.1. The number of hydrogen-bond donors (Lipinski definition) is 1. The van der Waals surface area contributed by atoms with E-state index in [1.807, 2.05) is 85.8 Å². The van der Waals surface area contributed by atoms with Crippen LogP contribution in [-0.2, 0) is 32.6 Å². The Morgan fingerprint density at radius 1 is 0.927 bits per heavy atom. The predicted octanol–water partition coefficient (Wildman–Crippen LogP) is 5.67. The zero-order chi connectivity index (χ0) is 29.0. The maximum absolute atomic E-state index is 13.9. The molecular formula is C32H32BrN3O4S. The second-order valence-corrected chi connectivity index (χ2v) is 12.8. The SMILES string of the molecule is CCNC(=O)[C@H](Cc1ccccc1)N(Cc1cccc(Br)c1)C(=O)CCCN1c2cccc3cccc(c23)S1(=O)=O. The number of carbonyl (C=O) groups excluding carboxylic acids is 2. The van der Waals surface area contributed by atoms with Crippen molar-refractivity contribution >= 4 is 54.2 Å². The first-order valence-corrected chi connectivity index (χ1v) is 15.9. The van der Waals surface area contributed by atoms with Crippen LogP contribution < -0.4 is 9.62 Å². The second kappa shape index (κ2) is 12.4. The second-order valence-electron chi connectivity index (χ2n) is 10.1. The highest BCUT2D eigenvalue weighted by Gasteiger charge is 2.36. The summed E-state index contributed by atoms with van der Waals surface area (Å²) in [6, 6.07) is 27.4. The van der Waals surface area contributed by atoms with Gasteiger partial charge in [0.05, 0.1) is 10.6 Å². The summed E-state index contributed by atoms with van der Waals surface area (Å²) in [5, 5.41) is 4.49. The summed E-state index contributed by atoms with van der Waals surface area (Å²) in [6.45, 7) is 2.71. The van der Waals surface area contributed by atoms with Crippen molar-refractivity contribution in [2.45, 2.75) is 43.7 Å². The van der Waals surface area contributed by atoms with Gasteiger partial charge in [0.25, 0.3) is 10.0 Å². The van der Waals surface area contributed by atoms with Gasteiger partial charge in [-0.2, -0.15) is 0 Å². The van der Waals surface area contributed by atoms with Crippen LogP contribution in [0.1, 0.15) is 30.9 Å². The molecule has 9 heteroatoms. The highest BCUT2D eigenvalue weighted by Crippen LogP contribution is 2.42. The Hall–Kier alpha value is -3.69. The van der Waals surface area contributed by atoms with E-state index in [0.717, 1.165) is 26.4 Å². The van der Waals surface area contributed by atoms with Gasteiger partial charge in [0.15, 0.2) is 0 Å². The first-order chi connectivity index (χ1) is 19.8. The lowest BCUT2D eigenvalue weighted by atomic mass is 10.0. The van der Waals surface area contributed by atoms with Crippen LogP contribution in [0.2, 0.25) is 0 Å². The minimum absolute atomic E-state index is 0.0943. The fourth-order valence-electron chi connectivity index (χ4n) is 5.39. The molecule has 1 aliphatic heterocycles. The van der Waals surface area contributed by atoms with Crippen molar-refractivity contribution in [3.63, 3.8) is 0 Å². The number of sulfonamides is 1. The molecule has 5 rings (SSSR count). The Morgan fingerprint density at radius 2 is 1.63 bits per heavy atom. The van der Waals surface area contributed by atoms with E-state index >= 15 is 0 Å². The summed E-state index contributed by atoms with van der Waals surface area (Å²) in [6.07, 6.45) is 0.770. The third-order valence-electron chi connectivity index (χ3n) is 7.30. The molecule has 0 spiro atoms. The van der Waals surface area contributed by atoms with Gasteiger partial charge in [-0.25, -0.2) is 8.42 Å². The molecule has 1 atom stereocenters. The van der Waals surface area contributed by atoms with Crippen molar-refractivity contribution in [2.75, 3.05) is 17.4 Å². The van der Waals surface area contributed by atoms with Crippen LogP contribution >= 0.6 is 15.9 Å². The highest BCUT2D eigenvalue weighted by atomic mass is 79.9. The van der Waals surface area contributed by atoms with Gasteiger partial charge in [0.2, 0.25) is 11.8 Å². The summed E-state index contributed by atoms with van der Waals surface area (Å²) in [5.74, 6) is -0.423. The highest BCUT2D eigenvalue weighted by molar-refractivity contribution is 9.10. The fourth-order valence-corrected chi connectivity index (χ4v) is 7.59. The number of hydrogen-bond acceptors (Lipinski definition) is 4. The van der Waals surface area contributed by atoms with E-state index in [0.29, 0.717) is 30.0 Å². The number of carbonyl (C=O) groups is 2. The van der Waals surface area contributed by atoms with Crippen LogP contribution in [-0.4, -0.2) is 44.3 Å². The van der Waals surface area contributed by atoms with Crippen LogP contribution in [0.3, 0.4) is 0 Å². The smallest absolute Gasteiger partial charge is 0.265 e. The lowest BCUT2D eigenvalue weighted by Crippen LogP contribution is -2.50. The number of likely N-dealkylation sites (N-methyl/N-ethyl adjacent to an activating group) is 1. The minimum Gasteiger partial charge on any atom is -0.355 e. The van der Waals surface area contributed by atoms with Crippen LogP contribution in [0.5, 0.6) is 0 Å². The van der Waals surface area contributed by atoms with Crippen molar-refractivity contribution in [1.82, 2.24) is 10.2 Å². The average molecular weight is 635 g/mol. The Kier molecular flexibility index (Phi) is 8.75. The summed E-state index contributed by atoms with van der Waals surface area (Å²) in [7, 11) is -3.71. The van der Waals surface area contributed by atoms with Gasteiger partial charge in [-0.15, -0.1) is 0 Å². The van der Waals surface area contributed by atoms with Gasteiger partial charge >= 0.3 is 0 Å². The molecule has 1 aliphatic rings. The topological polar surface area (TPSA) is 86.8 Å². The van der Waals surface area contributed by atoms with Crippen LogP contribution in [0.15, 0.2) is 100 Å². The Morgan fingerprint density at radius 3 is 2.37 bits per heavy atom. The number of amides is 2. The Bertz CT molecular complexity index is 1670. The zero-order valence-corrected chi connectivity index (χ0v) is 25.2. The molecule has 41 heavy (non-hydrogen) atoms. The maximum Gasteiger partial charge on any atom is 0.265 e. The quantitative estimate of drug-likeness (QED) is 0.231. The minimum atomic E-state index is -3.71. The standard InChI is InChI=1S/C32H32BrN3O4S/c1-2-34-32(38)28(21-23-10-4-3-5-11-23)35(22-24-12-6-15-26(33)20-24)30(37)18-9-19-36-27-16-7-13-25-14-8-17-29(31(25)27)41(36,39)40/h3-8,10-17,20,28H,2,9,18-19,21-22H2,1H3,(H,34,38)/t28-/m0/s1. The first kappa shape index (κ1) is 28.8. The van der Waals surface area contributed by atoms with E-state index in [1.54, 1.807) is 17.0 Å². The van der Waals surface area contributed by atoms with Gasteiger partial charge in [-0.1, -0.05) is 82.7 Å². The van der Waals surface area contributed by atoms with Crippen LogP contribution in [0, 0.1) is 0 Å². The van der Waals surface area contributed by atoms with Crippen molar-refractivity contribution in [3.05, 3.63) is 107 Å². The average Bonchev–Trinajstić information content (AvgIpc) is 3.18. The van der Waals surface area contributed by atoms with Crippen molar-refractivity contribution < 1.29 is 18.0 Å². The molecule has 2 amide bonds. The monoisotopic (exact) mass is 633 g/mol. The molecule has 4 aromatic rings. The van der Waals surface area contributed by atoms with Gasteiger partial charge in [-0.3, -0.25) is 13.9 Å². The summed E-state index contributed by atoms with van der Waals surface area (Å²) >= 11 is 3.50. The van der Waals surface area contributed by atoms with Crippen molar-refractivity contribution in [2.24, 2.45) is 0 Å². The predicted molar refractivity (Wildman–Crippen MR) is 165 cm³/mol. The summed E-state index contributed by atoms with van der Waals surface area (Å²) in [5.41, 5.74) is 2.48. The van der Waals surface area contributed by atoms with Gasteiger partial charge < -0.3 is 10.2 Å². The number of rotatable bonds is 11. The fraction of sp³-hybridized carbons (Fsp3) is 0.250. The third kappa shape index (κ3) is 6.16. The molecule has 0 aliphatic carbocycles. The van der Waals surface area contributed by atoms with E-state index in [2.05, 4.69) is 21.2 Å². The molecule has 0 unspecified atom stereocenters. The molecular weight excluding hydrogens is 602 g/mol. The summed E-state index contributed by atoms with van der Waals surface area (Å²) < 4.78 is 29.1. The van der Waals surface area contributed by atoms with Gasteiger partial charge in [0.1, 0.15) is 6.04 Å². The van der Waals surface area contributed by atoms with E-state index < -0.39 is 16.1 Å². The van der Waals surface area contributed by atoms with Crippen LogP contribution in [0.4, 0.5) is 5.69 Å². The lowest BCUT2D eigenvalue weighted by molar-refractivity contribution is -0.141. The van der Waals surface area contributed by atoms with Gasteiger partial charge in [-0.05, 0) is 54.1 Å². The van der Waals surface area contributed by atoms with E-state index in [-0.39, 0.29) is 31.3 Å². The lowest BCUT2D eigenvalue weighted by Gasteiger charge is -2.32. The van der Waals surface area contributed by atoms with E-state index in [1.165, 1.54) is 4.31 Å². The number of halogens is 1. The maximum atomic E-state index is 13.9. The summed E-state index contributed by atoms with van der Waals surface area (Å²) in [4.78, 5) is 29.2. The molecule has 0 saturated heterocycles. The molecule has 1 heterocycles. The number of nitrogens with one attached hydrogen (secondary N) is 1. The zero-order valence-electron chi connectivity index (χ0n) is 22.8. The molecule has 0 fully saturated rings. The van der Waals surface area contributed by atoms with Gasteiger partial charge in [0, 0.05) is 42.3 Å². The largest absolute Gasteiger partial charge is 0.355 e. The third-order valence-corrected chi connectivity index (χ3v) is 9.65. The van der Waals surface area contributed by atoms with Crippen molar-refractivity contribution in [1.29, 1.82) is 0 Å².